The number of hydrogen-bond acceptors (Lipinski definition) is 4. The summed E-state index contributed by atoms with van der Waals surface area (Å²) < 4.78 is 45.9. The molecular weight excluding hydrogens is 407 g/mol. The van der Waals surface area contributed by atoms with Gasteiger partial charge in [-0.3, -0.25) is 9.69 Å². The summed E-state index contributed by atoms with van der Waals surface area (Å²) in [6.45, 7) is 3.31. The topological polar surface area (TPSA) is 58.8 Å². The Hall–Kier alpha value is -2.42. The van der Waals surface area contributed by atoms with E-state index < -0.39 is 23.5 Å². The summed E-state index contributed by atoms with van der Waals surface area (Å²) in [7, 11) is 1.71. The van der Waals surface area contributed by atoms with Crippen molar-refractivity contribution in [1.82, 2.24) is 9.80 Å². The molecule has 0 aromatic heterocycles. The van der Waals surface area contributed by atoms with Gasteiger partial charge in [0.2, 0.25) is 5.91 Å². The van der Waals surface area contributed by atoms with Gasteiger partial charge in [-0.2, -0.15) is 0 Å². The molecule has 3 rings (SSSR count). The van der Waals surface area contributed by atoms with E-state index in [0.29, 0.717) is 25.8 Å². The highest BCUT2D eigenvalue weighted by Gasteiger charge is 2.26. The molecule has 1 aliphatic heterocycles. The lowest BCUT2D eigenvalue weighted by molar-refractivity contribution is -0.131. The van der Waals surface area contributed by atoms with Gasteiger partial charge in [-0.1, -0.05) is 30.3 Å². The number of carbonyl (C=O) groups excluding carboxylic acids is 1. The maximum Gasteiger partial charge on any atom is 0.223 e. The lowest BCUT2D eigenvalue weighted by atomic mass is 10.0. The summed E-state index contributed by atoms with van der Waals surface area (Å²) in [6.07, 6.45) is -0.0895. The SMILES string of the molecule is CN(CC(c1ccccc1)N1CCOCC1)C(=O)C[C@H](N)Cc1cc(F)c(F)cc1F. The summed E-state index contributed by atoms with van der Waals surface area (Å²) in [5.74, 6) is -3.44. The summed E-state index contributed by atoms with van der Waals surface area (Å²) in [5.41, 5.74) is 7.09. The Morgan fingerprint density at radius 3 is 2.42 bits per heavy atom. The van der Waals surface area contributed by atoms with Crippen molar-refractivity contribution < 1.29 is 22.7 Å². The first kappa shape index (κ1) is 23.2. The van der Waals surface area contributed by atoms with Crippen LogP contribution in [0.15, 0.2) is 42.5 Å². The largest absolute Gasteiger partial charge is 0.379 e. The van der Waals surface area contributed by atoms with Gasteiger partial charge in [0, 0.05) is 45.2 Å². The van der Waals surface area contributed by atoms with Crippen LogP contribution >= 0.6 is 0 Å². The Morgan fingerprint density at radius 2 is 1.74 bits per heavy atom. The molecule has 0 bridgehead atoms. The Balaban J connectivity index is 1.63. The normalized spacial score (nSPS) is 16.7. The highest BCUT2D eigenvalue weighted by atomic mass is 19.2. The smallest absolute Gasteiger partial charge is 0.223 e. The van der Waals surface area contributed by atoms with Crippen LogP contribution in [0.4, 0.5) is 13.2 Å². The van der Waals surface area contributed by atoms with E-state index in [1.54, 1.807) is 11.9 Å². The summed E-state index contributed by atoms with van der Waals surface area (Å²) in [6, 6.07) is 10.6. The van der Waals surface area contributed by atoms with Crippen LogP contribution in [0.1, 0.15) is 23.6 Å². The lowest BCUT2D eigenvalue weighted by Gasteiger charge is -2.37. The van der Waals surface area contributed by atoms with Gasteiger partial charge >= 0.3 is 0 Å². The van der Waals surface area contributed by atoms with Crippen molar-refractivity contribution >= 4 is 5.91 Å². The number of hydrogen-bond donors (Lipinski definition) is 1. The molecule has 2 aromatic rings. The number of ether oxygens (including phenoxy) is 1. The molecule has 1 heterocycles. The zero-order valence-corrected chi connectivity index (χ0v) is 17.6. The standard InChI is InChI=1S/C23H28F3N3O2/c1-28(15-22(16-5-3-2-4-6-16)29-7-9-31-10-8-29)23(30)13-18(27)11-17-12-20(25)21(26)14-19(17)24/h2-6,12,14,18,22H,7-11,13,15,27H2,1H3/t18-,22?/m1/s1. The van der Waals surface area contributed by atoms with Gasteiger partial charge in [0.15, 0.2) is 11.6 Å². The first-order valence-corrected chi connectivity index (χ1v) is 10.3. The van der Waals surface area contributed by atoms with Crippen LogP contribution in [0, 0.1) is 17.5 Å². The third-order valence-electron chi connectivity index (χ3n) is 5.55. The summed E-state index contributed by atoms with van der Waals surface area (Å²) >= 11 is 0. The Morgan fingerprint density at radius 1 is 1.10 bits per heavy atom. The molecule has 0 saturated carbocycles. The van der Waals surface area contributed by atoms with Crippen LogP contribution in [0.5, 0.6) is 0 Å². The Bertz CT molecular complexity index is 876. The van der Waals surface area contributed by atoms with E-state index in [-0.39, 0.29) is 30.4 Å². The van der Waals surface area contributed by atoms with Gasteiger partial charge in [0.05, 0.1) is 19.3 Å². The Labute approximate surface area is 180 Å². The number of amides is 1. The van der Waals surface area contributed by atoms with Gasteiger partial charge in [-0.15, -0.1) is 0 Å². The first-order valence-electron chi connectivity index (χ1n) is 10.3. The average Bonchev–Trinajstić information content (AvgIpc) is 2.76. The molecule has 2 N–H and O–H groups in total. The van der Waals surface area contributed by atoms with Crippen molar-refractivity contribution in [1.29, 1.82) is 0 Å². The third-order valence-corrected chi connectivity index (χ3v) is 5.55. The van der Waals surface area contributed by atoms with Gasteiger partial charge in [0.1, 0.15) is 5.82 Å². The number of nitrogens with two attached hydrogens (primary N) is 1. The maximum atomic E-state index is 13.9. The van der Waals surface area contributed by atoms with Crippen molar-refractivity contribution in [3.05, 3.63) is 71.0 Å². The fourth-order valence-corrected chi connectivity index (χ4v) is 3.81. The molecule has 0 radical (unpaired) electrons. The number of halogens is 3. The fraction of sp³-hybridized carbons (Fsp3) is 0.435. The van der Waals surface area contributed by atoms with Crippen molar-refractivity contribution in [3.8, 4) is 0 Å². The molecule has 1 fully saturated rings. The second-order valence-corrected chi connectivity index (χ2v) is 7.88. The average molecular weight is 435 g/mol. The Kier molecular flexibility index (Phi) is 8.06. The summed E-state index contributed by atoms with van der Waals surface area (Å²) in [5, 5.41) is 0. The molecular formula is C23H28F3N3O2. The molecule has 5 nitrogen and oxygen atoms in total. The van der Waals surface area contributed by atoms with Gasteiger partial charge in [-0.05, 0) is 23.6 Å². The lowest BCUT2D eigenvalue weighted by Crippen LogP contribution is -2.45. The predicted octanol–water partition coefficient (Wildman–Crippen LogP) is 2.90. The van der Waals surface area contributed by atoms with Crippen LogP contribution in [0.3, 0.4) is 0 Å². The molecule has 2 aromatic carbocycles. The fourth-order valence-electron chi connectivity index (χ4n) is 3.81. The van der Waals surface area contributed by atoms with E-state index in [0.717, 1.165) is 24.7 Å². The number of likely N-dealkylation sites (N-methyl/N-ethyl adjacent to an activating group) is 1. The van der Waals surface area contributed by atoms with Crippen LogP contribution in [-0.2, 0) is 16.0 Å². The highest BCUT2D eigenvalue weighted by molar-refractivity contribution is 5.76. The van der Waals surface area contributed by atoms with E-state index >= 15 is 0 Å². The molecule has 168 valence electrons. The maximum absolute atomic E-state index is 13.9. The van der Waals surface area contributed by atoms with Gasteiger partial charge < -0.3 is 15.4 Å². The van der Waals surface area contributed by atoms with Crippen LogP contribution in [0.2, 0.25) is 0 Å². The quantitative estimate of drug-likeness (QED) is 0.648. The molecule has 2 atom stereocenters. The van der Waals surface area contributed by atoms with Crippen molar-refractivity contribution in [2.75, 3.05) is 39.9 Å². The van der Waals surface area contributed by atoms with Crippen LogP contribution < -0.4 is 5.73 Å². The van der Waals surface area contributed by atoms with E-state index in [2.05, 4.69) is 4.90 Å². The molecule has 1 unspecified atom stereocenters. The van der Waals surface area contributed by atoms with E-state index in [1.165, 1.54) is 0 Å². The first-order chi connectivity index (χ1) is 14.8. The molecule has 31 heavy (non-hydrogen) atoms. The number of morpholine rings is 1. The predicted molar refractivity (Wildman–Crippen MR) is 112 cm³/mol. The second kappa shape index (κ2) is 10.7. The molecule has 0 spiro atoms. The highest BCUT2D eigenvalue weighted by Crippen LogP contribution is 2.23. The number of rotatable bonds is 8. The van der Waals surface area contributed by atoms with Gasteiger partial charge in [-0.25, -0.2) is 13.2 Å². The van der Waals surface area contributed by atoms with Crippen molar-refractivity contribution in [3.63, 3.8) is 0 Å². The third kappa shape index (κ3) is 6.29. The number of benzene rings is 2. The summed E-state index contributed by atoms with van der Waals surface area (Å²) in [4.78, 5) is 16.7. The minimum Gasteiger partial charge on any atom is -0.379 e. The van der Waals surface area contributed by atoms with Crippen molar-refractivity contribution in [2.24, 2.45) is 5.73 Å². The van der Waals surface area contributed by atoms with E-state index in [1.807, 2.05) is 30.3 Å². The van der Waals surface area contributed by atoms with Crippen LogP contribution in [-0.4, -0.2) is 61.6 Å². The molecule has 0 aliphatic carbocycles. The van der Waals surface area contributed by atoms with E-state index in [4.69, 9.17) is 10.5 Å². The van der Waals surface area contributed by atoms with Gasteiger partial charge in [0.25, 0.3) is 0 Å². The zero-order valence-electron chi connectivity index (χ0n) is 17.6. The van der Waals surface area contributed by atoms with Crippen LogP contribution in [0.25, 0.3) is 0 Å². The number of carbonyl (C=O) groups is 1. The van der Waals surface area contributed by atoms with Crippen molar-refractivity contribution in [2.45, 2.75) is 24.9 Å². The molecule has 1 aliphatic rings. The molecule has 8 heteroatoms. The zero-order chi connectivity index (χ0) is 22.4. The minimum absolute atomic E-state index is 0.0129. The molecule has 1 amide bonds. The van der Waals surface area contributed by atoms with E-state index in [9.17, 15) is 18.0 Å². The molecule has 1 saturated heterocycles. The minimum atomic E-state index is -1.25. The monoisotopic (exact) mass is 435 g/mol. The number of nitrogens with zero attached hydrogens (tertiary/aromatic N) is 2. The second-order valence-electron chi connectivity index (χ2n) is 7.88.